The number of aromatic nitrogens is 3. The second-order valence-electron chi connectivity index (χ2n) is 5.18. The van der Waals surface area contributed by atoms with Crippen LogP contribution in [-0.2, 0) is 16.0 Å². The number of carbonyl (C=O) groups excluding carboxylic acids is 1. The Morgan fingerprint density at radius 2 is 2.29 bits per heavy atom. The Hall–Kier alpha value is -1.95. The van der Waals surface area contributed by atoms with Crippen molar-refractivity contribution in [1.82, 2.24) is 14.8 Å². The van der Waals surface area contributed by atoms with E-state index in [1.54, 1.807) is 13.1 Å². The molecule has 1 fully saturated rings. The lowest BCUT2D eigenvalue weighted by Gasteiger charge is -2.21. The summed E-state index contributed by atoms with van der Waals surface area (Å²) in [5, 5.41) is 5.19. The first-order chi connectivity index (χ1) is 10.3. The van der Waals surface area contributed by atoms with Crippen molar-refractivity contribution < 1.29 is 14.3 Å². The van der Waals surface area contributed by atoms with E-state index in [0.717, 1.165) is 43.6 Å². The predicted molar refractivity (Wildman–Crippen MR) is 77.0 cm³/mol. The highest BCUT2D eigenvalue weighted by Crippen LogP contribution is 2.22. The van der Waals surface area contributed by atoms with Gasteiger partial charge >= 0.3 is 5.97 Å². The van der Waals surface area contributed by atoms with Gasteiger partial charge in [-0.15, -0.1) is 0 Å². The molecular weight excluding hydrogens is 270 g/mol. The van der Waals surface area contributed by atoms with Gasteiger partial charge in [-0.3, -0.25) is 0 Å². The average Bonchev–Trinajstić information content (AvgIpc) is 2.88. The Labute approximate surface area is 123 Å². The van der Waals surface area contributed by atoms with E-state index >= 15 is 0 Å². The van der Waals surface area contributed by atoms with Crippen LogP contribution in [0.4, 0.5) is 0 Å². The fourth-order valence-electron chi connectivity index (χ4n) is 2.66. The largest absolute Gasteiger partial charge is 0.461 e. The van der Waals surface area contributed by atoms with Gasteiger partial charge in [0.25, 0.3) is 0 Å². The van der Waals surface area contributed by atoms with Gasteiger partial charge in [0.1, 0.15) is 0 Å². The van der Waals surface area contributed by atoms with Crippen molar-refractivity contribution >= 4 is 17.0 Å². The molecule has 2 aromatic heterocycles. The van der Waals surface area contributed by atoms with Gasteiger partial charge in [0.05, 0.1) is 12.0 Å². The zero-order valence-corrected chi connectivity index (χ0v) is 12.1. The van der Waals surface area contributed by atoms with E-state index in [0.29, 0.717) is 18.2 Å². The Morgan fingerprint density at radius 1 is 1.48 bits per heavy atom. The molecule has 0 atom stereocenters. The van der Waals surface area contributed by atoms with E-state index in [-0.39, 0.29) is 5.97 Å². The number of pyridine rings is 1. The molecule has 112 valence electrons. The summed E-state index contributed by atoms with van der Waals surface area (Å²) in [5.41, 5.74) is 1.10. The van der Waals surface area contributed by atoms with Crippen molar-refractivity contribution in [3.05, 3.63) is 24.0 Å². The minimum atomic E-state index is -0.388. The van der Waals surface area contributed by atoms with Crippen molar-refractivity contribution in [2.75, 3.05) is 19.8 Å². The van der Waals surface area contributed by atoms with Gasteiger partial charge in [-0.1, -0.05) is 0 Å². The fraction of sp³-hybridized carbons (Fsp3) is 0.533. The van der Waals surface area contributed by atoms with Crippen LogP contribution in [0.25, 0.3) is 11.0 Å². The zero-order valence-electron chi connectivity index (χ0n) is 12.1. The highest BCUT2D eigenvalue weighted by Gasteiger charge is 2.21. The lowest BCUT2D eigenvalue weighted by molar-refractivity contribution is 0.0515. The molecule has 3 rings (SSSR count). The molecule has 0 radical (unpaired) electrons. The minimum absolute atomic E-state index is 0.341. The molecule has 6 heteroatoms. The van der Waals surface area contributed by atoms with E-state index < -0.39 is 0 Å². The fourth-order valence-corrected chi connectivity index (χ4v) is 2.66. The monoisotopic (exact) mass is 289 g/mol. The first kappa shape index (κ1) is 14.0. The van der Waals surface area contributed by atoms with Crippen LogP contribution in [0.2, 0.25) is 0 Å². The van der Waals surface area contributed by atoms with Crippen molar-refractivity contribution in [3.8, 4) is 0 Å². The lowest BCUT2D eigenvalue weighted by Crippen LogP contribution is -2.21. The maximum Gasteiger partial charge on any atom is 0.359 e. The van der Waals surface area contributed by atoms with Crippen LogP contribution in [0.15, 0.2) is 18.3 Å². The minimum Gasteiger partial charge on any atom is -0.461 e. The molecule has 0 amide bonds. The van der Waals surface area contributed by atoms with Gasteiger partial charge in [0.15, 0.2) is 11.3 Å². The number of hydrogen-bond donors (Lipinski definition) is 0. The van der Waals surface area contributed by atoms with Crippen LogP contribution in [0.3, 0.4) is 0 Å². The number of rotatable bonds is 4. The number of carbonyl (C=O) groups is 1. The molecule has 6 nitrogen and oxygen atoms in total. The quantitative estimate of drug-likeness (QED) is 0.806. The summed E-state index contributed by atoms with van der Waals surface area (Å²) in [7, 11) is 0. The number of nitrogens with zero attached hydrogens (tertiary/aromatic N) is 3. The Morgan fingerprint density at radius 3 is 3.05 bits per heavy atom. The van der Waals surface area contributed by atoms with E-state index in [4.69, 9.17) is 9.47 Å². The molecule has 1 saturated heterocycles. The lowest BCUT2D eigenvalue weighted by atomic mass is 10.0. The van der Waals surface area contributed by atoms with Crippen molar-refractivity contribution in [2.45, 2.75) is 26.3 Å². The van der Waals surface area contributed by atoms with E-state index in [1.165, 1.54) is 0 Å². The van der Waals surface area contributed by atoms with E-state index in [1.807, 2.05) is 16.8 Å². The number of fused-ring (bicyclic) bond motifs is 1. The number of hydrogen-bond acceptors (Lipinski definition) is 5. The molecule has 0 bridgehead atoms. The normalized spacial score (nSPS) is 16.2. The van der Waals surface area contributed by atoms with Crippen molar-refractivity contribution in [1.29, 1.82) is 0 Å². The first-order valence-corrected chi connectivity index (χ1v) is 7.36. The molecule has 2 aromatic rings. The third-order valence-electron chi connectivity index (χ3n) is 3.75. The van der Waals surface area contributed by atoms with Crippen molar-refractivity contribution in [3.63, 3.8) is 0 Å². The second-order valence-corrected chi connectivity index (χ2v) is 5.18. The van der Waals surface area contributed by atoms with E-state index in [2.05, 4.69) is 10.1 Å². The van der Waals surface area contributed by atoms with Gasteiger partial charge in [-0.05, 0) is 37.8 Å². The molecule has 0 unspecified atom stereocenters. The number of esters is 1. The highest BCUT2D eigenvalue weighted by molar-refractivity contribution is 6.01. The molecule has 0 aromatic carbocycles. The molecular formula is C15H19N3O3. The molecule has 1 aliphatic rings. The highest BCUT2D eigenvalue weighted by atomic mass is 16.5. The predicted octanol–water partition coefficient (Wildman–Crippen LogP) is 2.03. The molecule has 21 heavy (non-hydrogen) atoms. The molecule has 0 saturated carbocycles. The second kappa shape index (κ2) is 6.22. The summed E-state index contributed by atoms with van der Waals surface area (Å²) in [6.07, 6.45) is 3.76. The van der Waals surface area contributed by atoms with Gasteiger partial charge in [0.2, 0.25) is 0 Å². The molecule has 0 aliphatic carbocycles. The van der Waals surface area contributed by atoms with Crippen LogP contribution in [0.5, 0.6) is 0 Å². The molecule has 0 spiro atoms. The molecule has 1 aliphatic heterocycles. The Bertz CT molecular complexity index is 632. The smallest absolute Gasteiger partial charge is 0.359 e. The molecule has 3 heterocycles. The maximum atomic E-state index is 12.0. The Balaban J connectivity index is 1.92. The SMILES string of the molecule is CCOC(=O)c1nn(CC2CCOCC2)c2ncccc12. The first-order valence-electron chi connectivity index (χ1n) is 7.36. The van der Waals surface area contributed by atoms with Crippen LogP contribution < -0.4 is 0 Å². The summed E-state index contributed by atoms with van der Waals surface area (Å²) in [5.74, 6) is 0.125. The topological polar surface area (TPSA) is 66.2 Å². The van der Waals surface area contributed by atoms with Gasteiger partial charge in [-0.25, -0.2) is 14.5 Å². The van der Waals surface area contributed by atoms with Crippen LogP contribution in [0.1, 0.15) is 30.3 Å². The maximum absolute atomic E-state index is 12.0. The number of ether oxygens (including phenoxy) is 2. The van der Waals surface area contributed by atoms with Gasteiger partial charge in [-0.2, -0.15) is 5.10 Å². The third-order valence-corrected chi connectivity index (χ3v) is 3.75. The van der Waals surface area contributed by atoms with Crippen molar-refractivity contribution in [2.24, 2.45) is 5.92 Å². The van der Waals surface area contributed by atoms with Crippen LogP contribution >= 0.6 is 0 Å². The van der Waals surface area contributed by atoms with E-state index in [9.17, 15) is 4.79 Å². The Kier molecular flexibility index (Phi) is 4.15. The standard InChI is InChI=1S/C15H19N3O3/c1-2-21-15(19)13-12-4-3-7-16-14(12)18(17-13)10-11-5-8-20-9-6-11/h3-4,7,11H,2,5-6,8-10H2,1H3. The summed E-state index contributed by atoms with van der Waals surface area (Å²) in [4.78, 5) is 16.4. The summed E-state index contributed by atoms with van der Waals surface area (Å²) >= 11 is 0. The third kappa shape index (κ3) is 2.90. The zero-order chi connectivity index (χ0) is 14.7. The summed E-state index contributed by atoms with van der Waals surface area (Å²) in [6, 6.07) is 3.67. The summed E-state index contributed by atoms with van der Waals surface area (Å²) < 4.78 is 12.3. The van der Waals surface area contributed by atoms with Gasteiger partial charge < -0.3 is 9.47 Å². The van der Waals surface area contributed by atoms with Crippen LogP contribution in [0, 0.1) is 5.92 Å². The van der Waals surface area contributed by atoms with Gasteiger partial charge in [0, 0.05) is 26.0 Å². The average molecular weight is 289 g/mol. The molecule has 0 N–H and O–H groups in total. The van der Waals surface area contributed by atoms with Crippen LogP contribution in [-0.4, -0.2) is 40.6 Å². The summed E-state index contributed by atoms with van der Waals surface area (Å²) in [6.45, 7) is 4.48.